The molecule has 0 aliphatic carbocycles. The third kappa shape index (κ3) is 2.15. The van der Waals surface area contributed by atoms with E-state index in [4.69, 9.17) is 9.47 Å². The smallest absolute Gasteiger partial charge is 0.133 e. The van der Waals surface area contributed by atoms with Gasteiger partial charge < -0.3 is 14.6 Å². The van der Waals surface area contributed by atoms with E-state index in [9.17, 15) is 5.11 Å². The molecule has 0 aromatic heterocycles. The molecule has 3 nitrogen and oxygen atoms in total. The summed E-state index contributed by atoms with van der Waals surface area (Å²) in [5.74, 6) is 1.95. The molecular weight excluding hydrogens is 240 g/mol. The Balaban J connectivity index is 2.11. The second-order valence-corrected chi connectivity index (χ2v) is 6.90. The van der Waals surface area contributed by atoms with E-state index in [2.05, 4.69) is 27.7 Å². The van der Waals surface area contributed by atoms with Gasteiger partial charge in [-0.1, -0.05) is 0 Å². The summed E-state index contributed by atoms with van der Waals surface area (Å²) >= 11 is 0. The summed E-state index contributed by atoms with van der Waals surface area (Å²) in [6, 6.07) is 1.76. The van der Waals surface area contributed by atoms with Gasteiger partial charge in [0.2, 0.25) is 0 Å². The molecule has 3 rings (SSSR count). The lowest BCUT2D eigenvalue weighted by atomic mass is 9.87. The van der Waals surface area contributed by atoms with Crippen LogP contribution in [0, 0.1) is 0 Å². The number of ether oxygens (including phenoxy) is 2. The molecule has 1 aromatic carbocycles. The van der Waals surface area contributed by atoms with Crippen molar-refractivity contribution < 1.29 is 14.6 Å². The van der Waals surface area contributed by atoms with Crippen LogP contribution in [0.4, 0.5) is 0 Å². The molecule has 1 aromatic rings. The quantitative estimate of drug-likeness (QED) is 0.776. The fourth-order valence-electron chi connectivity index (χ4n) is 2.93. The van der Waals surface area contributed by atoms with E-state index in [-0.39, 0.29) is 11.2 Å². The number of hydrogen-bond acceptors (Lipinski definition) is 3. The van der Waals surface area contributed by atoms with Gasteiger partial charge in [0, 0.05) is 17.2 Å². The van der Waals surface area contributed by atoms with E-state index in [0.29, 0.717) is 5.75 Å². The van der Waals surface area contributed by atoms with Gasteiger partial charge in [0.1, 0.15) is 28.5 Å². The predicted molar refractivity (Wildman–Crippen MR) is 74.2 cm³/mol. The third-order valence-corrected chi connectivity index (χ3v) is 4.14. The van der Waals surface area contributed by atoms with Crippen LogP contribution in [-0.4, -0.2) is 16.3 Å². The number of aromatic hydroxyl groups is 1. The molecule has 2 aliphatic heterocycles. The van der Waals surface area contributed by atoms with E-state index in [1.54, 1.807) is 6.07 Å². The molecule has 1 N–H and O–H groups in total. The molecule has 0 amide bonds. The molecular formula is C16H22O3. The summed E-state index contributed by atoms with van der Waals surface area (Å²) in [5, 5.41) is 10.2. The highest BCUT2D eigenvalue weighted by Crippen LogP contribution is 2.48. The summed E-state index contributed by atoms with van der Waals surface area (Å²) in [7, 11) is 0. The number of benzene rings is 1. The monoisotopic (exact) mass is 262 g/mol. The summed E-state index contributed by atoms with van der Waals surface area (Å²) in [5.41, 5.74) is 1.74. The zero-order valence-corrected chi connectivity index (χ0v) is 12.2. The third-order valence-electron chi connectivity index (χ3n) is 4.14. The minimum absolute atomic E-state index is 0.165. The van der Waals surface area contributed by atoms with Gasteiger partial charge in [-0.15, -0.1) is 0 Å². The Morgan fingerprint density at radius 2 is 1.53 bits per heavy atom. The number of phenolic OH excluding ortho intramolecular Hbond substituents is 1. The Morgan fingerprint density at radius 3 is 2.21 bits per heavy atom. The zero-order chi connectivity index (χ0) is 13.8. The van der Waals surface area contributed by atoms with E-state index in [0.717, 1.165) is 48.3 Å². The first-order valence-corrected chi connectivity index (χ1v) is 7.03. The molecule has 0 unspecified atom stereocenters. The van der Waals surface area contributed by atoms with Crippen LogP contribution in [0.25, 0.3) is 0 Å². The summed E-state index contributed by atoms with van der Waals surface area (Å²) in [6.45, 7) is 8.36. The lowest BCUT2D eigenvalue weighted by Gasteiger charge is -2.38. The van der Waals surface area contributed by atoms with Gasteiger partial charge in [0.05, 0.1) is 0 Å². The average molecular weight is 262 g/mol. The van der Waals surface area contributed by atoms with Gasteiger partial charge in [-0.05, 0) is 53.4 Å². The lowest BCUT2D eigenvalue weighted by molar-refractivity contribution is 0.0657. The maximum absolute atomic E-state index is 10.2. The van der Waals surface area contributed by atoms with Crippen LogP contribution in [0.2, 0.25) is 0 Å². The Bertz CT molecular complexity index is 529. The standard InChI is InChI=1S/C16H22O3/c1-15(2)8-6-11-13(18-15)9-12(17)10-5-7-16(3,4)19-14(10)11/h9,17H,5-8H2,1-4H3. The van der Waals surface area contributed by atoms with E-state index in [1.165, 1.54) is 0 Å². The van der Waals surface area contributed by atoms with E-state index >= 15 is 0 Å². The summed E-state index contributed by atoms with van der Waals surface area (Å²) in [4.78, 5) is 0. The molecule has 0 spiro atoms. The van der Waals surface area contributed by atoms with Crippen LogP contribution in [0.5, 0.6) is 17.2 Å². The first kappa shape index (κ1) is 12.6. The molecule has 0 atom stereocenters. The van der Waals surface area contributed by atoms with Gasteiger partial charge in [0.25, 0.3) is 0 Å². The largest absolute Gasteiger partial charge is 0.507 e. The first-order chi connectivity index (χ1) is 8.77. The van der Waals surface area contributed by atoms with Crippen molar-refractivity contribution in [3.8, 4) is 17.2 Å². The Labute approximate surface area is 114 Å². The van der Waals surface area contributed by atoms with Crippen LogP contribution in [-0.2, 0) is 12.8 Å². The molecule has 0 radical (unpaired) electrons. The van der Waals surface area contributed by atoms with Crippen molar-refractivity contribution >= 4 is 0 Å². The molecule has 0 fully saturated rings. The SMILES string of the molecule is CC1(C)CCc2c(cc(O)c3c2OC(C)(C)CC3)O1. The van der Waals surface area contributed by atoms with Gasteiger partial charge in [0.15, 0.2) is 0 Å². The Hall–Kier alpha value is -1.38. The lowest BCUT2D eigenvalue weighted by Crippen LogP contribution is -2.36. The van der Waals surface area contributed by atoms with Crippen LogP contribution in [0.15, 0.2) is 6.07 Å². The molecule has 19 heavy (non-hydrogen) atoms. The van der Waals surface area contributed by atoms with Gasteiger partial charge in [-0.3, -0.25) is 0 Å². The predicted octanol–water partition coefficient (Wildman–Crippen LogP) is 3.60. The van der Waals surface area contributed by atoms with Crippen molar-refractivity contribution in [2.45, 2.75) is 64.6 Å². The highest BCUT2D eigenvalue weighted by atomic mass is 16.5. The van der Waals surface area contributed by atoms with Crippen LogP contribution < -0.4 is 9.47 Å². The molecule has 0 saturated carbocycles. The number of fused-ring (bicyclic) bond motifs is 3. The number of hydrogen-bond donors (Lipinski definition) is 1. The fourth-order valence-corrected chi connectivity index (χ4v) is 2.93. The normalized spacial score (nSPS) is 22.7. The molecule has 0 bridgehead atoms. The second-order valence-electron chi connectivity index (χ2n) is 6.90. The maximum atomic E-state index is 10.2. The minimum Gasteiger partial charge on any atom is -0.507 e. The van der Waals surface area contributed by atoms with E-state index < -0.39 is 0 Å². The van der Waals surface area contributed by atoms with Crippen molar-refractivity contribution in [3.05, 3.63) is 17.2 Å². The highest BCUT2D eigenvalue weighted by Gasteiger charge is 2.35. The zero-order valence-electron chi connectivity index (χ0n) is 12.2. The number of phenols is 1. The minimum atomic E-state index is -0.169. The molecule has 2 aliphatic rings. The molecule has 2 heterocycles. The van der Waals surface area contributed by atoms with Crippen molar-refractivity contribution in [1.29, 1.82) is 0 Å². The molecule has 0 saturated heterocycles. The Morgan fingerprint density at radius 1 is 0.947 bits per heavy atom. The molecule has 104 valence electrons. The van der Waals surface area contributed by atoms with Crippen LogP contribution >= 0.6 is 0 Å². The fraction of sp³-hybridized carbons (Fsp3) is 0.625. The number of rotatable bonds is 0. The van der Waals surface area contributed by atoms with Gasteiger partial charge in [-0.2, -0.15) is 0 Å². The van der Waals surface area contributed by atoms with Crippen molar-refractivity contribution in [3.63, 3.8) is 0 Å². The van der Waals surface area contributed by atoms with E-state index in [1.807, 2.05) is 0 Å². The first-order valence-electron chi connectivity index (χ1n) is 7.03. The summed E-state index contributed by atoms with van der Waals surface area (Å²) in [6.07, 6.45) is 3.71. The second kappa shape index (κ2) is 3.81. The maximum Gasteiger partial charge on any atom is 0.133 e. The summed E-state index contributed by atoms with van der Waals surface area (Å²) < 4.78 is 12.1. The molecule has 3 heteroatoms. The van der Waals surface area contributed by atoms with Crippen LogP contribution in [0.1, 0.15) is 51.7 Å². The van der Waals surface area contributed by atoms with Gasteiger partial charge in [-0.25, -0.2) is 0 Å². The highest BCUT2D eigenvalue weighted by molar-refractivity contribution is 5.58. The topological polar surface area (TPSA) is 38.7 Å². The van der Waals surface area contributed by atoms with Crippen molar-refractivity contribution in [2.24, 2.45) is 0 Å². The van der Waals surface area contributed by atoms with Crippen molar-refractivity contribution in [1.82, 2.24) is 0 Å². The Kier molecular flexibility index (Phi) is 2.54. The van der Waals surface area contributed by atoms with Crippen LogP contribution in [0.3, 0.4) is 0 Å². The average Bonchev–Trinajstić information content (AvgIpc) is 2.25. The van der Waals surface area contributed by atoms with Gasteiger partial charge >= 0.3 is 0 Å². The van der Waals surface area contributed by atoms with Crippen molar-refractivity contribution in [2.75, 3.05) is 0 Å².